The van der Waals surface area contributed by atoms with Crippen LogP contribution in [-0.2, 0) is 14.3 Å². The molecule has 0 saturated heterocycles. The Kier molecular flexibility index (Phi) is 7.14. The van der Waals surface area contributed by atoms with Crippen molar-refractivity contribution in [3.8, 4) is 0 Å². The molecule has 0 spiro atoms. The standard InChI is InChI=1S/C17H22N4O4S2/c1-8(2)18-17(24)21-12(22)6-25-13(23)7-26-15-14-9(3)10(4)27-16(14)20-11(5)19-15/h8H,6-7H2,1-5H3,(H2,18,21,22,24). The zero-order valence-corrected chi connectivity index (χ0v) is 17.5. The average molecular weight is 411 g/mol. The van der Waals surface area contributed by atoms with Crippen LogP contribution in [0.5, 0.6) is 0 Å². The predicted octanol–water partition coefficient (Wildman–Crippen LogP) is 2.49. The van der Waals surface area contributed by atoms with Crippen molar-refractivity contribution in [2.75, 3.05) is 12.4 Å². The number of hydrogen-bond donors (Lipinski definition) is 2. The topological polar surface area (TPSA) is 110 Å². The van der Waals surface area contributed by atoms with E-state index in [1.54, 1.807) is 32.1 Å². The highest BCUT2D eigenvalue weighted by molar-refractivity contribution is 8.00. The minimum absolute atomic E-state index is 0.00532. The molecule has 27 heavy (non-hydrogen) atoms. The molecule has 0 unspecified atom stereocenters. The van der Waals surface area contributed by atoms with Gasteiger partial charge in [-0.3, -0.25) is 14.9 Å². The second-order valence-corrected chi connectivity index (χ2v) is 8.33. The minimum atomic E-state index is -0.684. The largest absolute Gasteiger partial charge is 0.455 e. The van der Waals surface area contributed by atoms with Gasteiger partial charge < -0.3 is 10.1 Å². The van der Waals surface area contributed by atoms with Gasteiger partial charge in [-0.25, -0.2) is 14.8 Å². The summed E-state index contributed by atoms with van der Waals surface area (Å²) in [7, 11) is 0. The van der Waals surface area contributed by atoms with Crippen molar-refractivity contribution in [3.63, 3.8) is 0 Å². The number of urea groups is 1. The molecule has 146 valence electrons. The molecule has 0 aliphatic rings. The third-order valence-corrected chi connectivity index (χ3v) is 5.52. The van der Waals surface area contributed by atoms with Gasteiger partial charge >= 0.3 is 12.0 Å². The molecule has 10 heteroatoms. The van der Waals surface area contributed by atoms with Crippen molar-refractivity contribution in [2.45, 2.75) is 45.7 Å². The van der Waals surface area contributed by atoms with E-state index in [0.29, 0.717) is 5.82 Å². The van der Waals surface area contributed by atoms with Crippen LogP contribution in [0.15, 0.2) is 5.03 Å². The van der Waals surface area contributed by atoms with Crippen LogP contribution >= 0.6 is 23.1 Å². The third-order valence-electron chi connectivity index (χ3n) is 3.47. The fraction of sp³-hybridized carbons (Fsp3) is 0.471. The molecule has 0 atom stereocenters. The molecule has 8 nitrogen and oxygen atoms in total. The molecule has 0 saturated carbocycles. The van der Waals surface area contributed by atoms with Crippen molar-refractivity contribution >= 4 is 51.2 Å². The summed E-state index contributed by atoms with van der Waals surface area (Å²) >= 11 is 2.84. The lowest BCUT2D eigenvalue weighted by molar-refractivity contribution is -0.145. The number of thioether (sulfide) groups is 1. The average Bonchev–Trinajstić information content (AvgIpc) is 2.84. The number of imide groups is 1. The molecule has 0 aliphatic carbocycles. The lowest BCUT2D eigenvalue weighted by atomic mass is 10.2. The van der Waals surface area contributed by atoms with E-state index in [4.69, 9.17) is 4.74 Å². The molecule has 2 rings (SSSR count). The summed E-state index contributed by atoms with van der Waals surface area (Å²) in [6.45, 7) is 8.85. The first-order valence-electron chi connectivity index (χ1n) is 8.30. The Balaban J connectivity index is 1.90. The number of carbonyl (C=O) groups is 3. The maximum Gasteiger partial charge on any atom is 0.321 e. The Morgan fingerprint density at radius 2 is 1.89 bits per heavy atom. The van der Waals surface area contributed by atoms with Crippen molar-refractivity contribution < 1.29 is 19.1 Å². The van der Waals surface area contributed by atoms with Crippen LogP contribution in [-0.4, -0.2) is 46.3 Å². The number of ether oxygens (including phenoxy) is 1. The highest BCUT2D eigenvalue weighted by Gasteiger charge is 2.16. The summed E-state index contributed by atoms with van der Waals surface area (Å²) in [5.74, 6) is -0.606. The second-order valence-electron chi connectivity index (χ2n) is 6.17. The van der Waals surface area contributed by atoms with E-state index >= 15 is 0 Å². The van der Waals surface area contributed by atoms with Crippen molar-refractivity contribution in [2.24, 2.45) is 0 Å². The Morgan fingerprint density at radius 1 is 1.19 bits per heavy atom. The molecule has 0 radical (unpaired) electrons. The predicted molar refractivity (Wildman–Crippen MR) is 105 cm³/mol. The van der Waals surface area contributed by atoms with Crippen LogP contribution in [0.25, 0.3) is 10.2 Å². The zero-order valence-electron chi connectivity index (χ0n) is 15.8. The smallest absolute Gasteiger partial charge is 0.321 e. The Bertz CT molecular complexity index is 879. The molecule has 0 aliphatic heterocycles. The molecule has 0 aromatic carbocycles. The maximum atomic E-state index is 11.9. The fourth-order valence-electron chi connectivity index (χ4n) is 2.19. The highest BCUT2D eigenvalue weighted by atomic mass is 32.2. The molecular weight excluding hydrogens is 388 g/mol. The fourth-order valence-corrected chi connectivity index (χ4v) is 4.26. The SMILES string of the molecule is Cc1nc(SCC(=O)OCC(=O)NC(=O)NC(C)C)c2c(C)c(C)sc2n1. The van der Waals surface area contributed by atoms with Gasteiger partial charge in [0.1, 0.15) is 15.7 Å². The molecule has 2 aromatic rings. The van der Waals surface area contributed by atoms with Crippen LogP contribution in [0, 0.1) is 20.8 Å². The number of rotatable bonds is 6. The number of carbonyl (C=O) groups excluding carboxylic acids is 3. The highest BCUT2D eigenvalue weighted by Crippen LogP contribution is 2.35. The van der Waals surface area contributed by atoms with E-state index in [1.807, 2.05) is 13.8 Å². The minimum Gasteiger partial charge on any atom is -0.455 e. The molecule has 2 heterocycles. The van der Waals surface area contributed by atoms with Crippen molar-refractivity contribution in [1.82, 2.24) is 20.6 Å². The van der Waals surface area contributed by atoms with E-state index in [2.05, 4.69) is 20.6 Å². The van der Waals surface area contributed by atoms with Gasteiger partial charge in [-0.1, -0.05) is 11.8 Å². The van der Waals surface area contributed by atoms with Gasteiger partial charge in [0.25, 0.3) is 5.91 Å². The van der Waals surface area contributed by atoms with Gasteiger partial charge in [-0.2, -0.15) is 0 Å². The number of esters is 1. The normalized spacial score (nSPS) is 10.9. The number of nitrogens with zero attached hydrogens (tertiary/aromatic N) is 2. The summed E-state index contributed by atoms with van der Waals surface area (Å²) in [4.78, 5) is 45.9. The molecule has 2 N–H and O–H groups in total. The van der Waals surface area contributed by atoms with Gasteiger partial charge in [0, 0.05) is 16.3 Å². The van der Waals surface area contributed by atoms with Crippen LogP contribution in [0.2, 0.25) is 0 Å². The number of thiophene rings is 1. The number of aryl methyl sites for hydroxylation is 3. The van der Waals surface area contributed by atoms with Crippen molar-refractivity contribution in [1.29, 1.82) is 0 Å². The van der Waals surface area contributed by atoms with E-state index in [-0.39, 0.29) is 11.8 Å². The third kappa shape index (κ3) is 5.90. The monoisotopic (exact) mass is 410 g/mol. The lowest BCUT2D eigenvalue weighted by Crippen LogP contribution is -2.44. The first-order valence-corrected chi connectivity index (χ1v) is 10.1. The summed E-state index contributed by atoms with van der Waals surface area (Å²) in [6.07, 6.45) is 0. The van der Waals surface area contributed by atoms with Gasteiger partial charge in [0.15, 0.2) is 6.61 Å². The summed E-state index contributed by atoms with van der Waals surface area (Å²) in [5.41, 5.74) is 1.10. The van der Waals surface area contributed by atoms with E-state index in [9.17, 15) is 14.4 Å². The van der Waals surface area contributed by atoms with Gasteiger partial charge in [-0.15, -0.1) is 11.3 Å². The van der Waals surface area contributed by atoms with Crippen LogP contribution < -0.4 is 10.6 Å². The van der Waals surface area contributed by atoms with Crippen LogP contribution in [0.3, 0.4) is 0 Å². The number of nitrogens with one attached hydrogen (secondary N) is 2. The number of aromatic nitrogens is 2. The lowest BCUT2D eigenvalue weighted by Gasteiger charge is -2.09. The summed E-state index contributed by atoms with van der Waals surface area (Å²) in [6, 6.07) is -0.725. The molecule has 3 amide bonds. The summed E-state index contributed by atoms with van der Waals surface area (Å²) < 4.78 is 4.92. The summed E-state index contributed by atoms with van der Waals surface area (Å²) in [5, 5.41) is 6.27. The van der Waals surface area contributed by atoms with E-state index in [0.717, 1.165) is 25.7 Å². The number of fused-ring (bicyclic) bond motifs is 1. The number of amides is 3. The Hall–Kier alpha value is -2.20. The van der Waals surface area contributed by atoms with E-state index < -0.39 is 24.5 Å². The van der Waals surface area contributed by atoms with Crippen LogP contribution in [0.1, 0.15) is 30.1 Å². The second kappa shape index (κ2) is 9.14. The van der Waals surface area contributed by atoms with Crippen molar-refractivity contribution in [3.05, 3.63) is 16.3 Å². The quantitative estimate of drug-likeness (QED) is 0.428. The Morgan fingerprint density at radius 3 is 2.56 bits per heavy atom. The number of hydrogen-bond acceptors (Lipinski definition) is 8. The van der Waals surface area contributed by atoms with Crippen LogP contribution in [0.4, 0.5) is 4.79 Å². The van der Waals surface area contributed by atoms with Gasteiger partial charge in [-0.05, 0) is 40.2 Å². The molecule has 0 fully saturated rings. The van der Waals surface area contributed by atoms with E-state index in [1.165, 1.54) is 11.8 Å². The molecule has 2 aromatic heterocycles. The first kappa shape index (κ1) is 21.1. The Labute approximate surface area is 165 Å². The van der Waals surface area contributed by atoms with Gasteiger partial charge in [0.2, 0.25) is 0 Å². The molecular formula is C17H22N4O4S2. The first-order chi connectivity index (χ1) is 12.7. The molecule has 0 bridgehead atoms. The maximum absolute atomic E-state index is 11.9. The van der Waals surface area contributed by atoms with Gasteiger partial charge in [0.05, 0.1) is 5.75 Å². The zero-order chi connectivity index (χ0) is 20.1.